The van der Waals surface area contributed by atoms with Crippen molar-refractivity contribution in [1.29, 1.82) is 0 Å². The van der Waals surface area contributed by atoms with Gasteiger partial charge in [0.05, 0.1) is 12.7 Å². The molecule has 27 heavy (non-hydrogen) atoms. The molecular weight excluding hydrogens is 364 g/mol. The number of nitrogens with one attached hydrogen (secondary N) is 1. The molecule has 6 nitrogen and oxygen atoms in total. The predicted octanol–water partition coefficient (Wildman–Crippen LogP) is 2.98. The third kappa shape index (κ3) is 4.82. The Morgan fingerprint density at radius 3 is 2.67 bits per heavy atom. The topological polar surface area (TPSA) is 59.4 Å². The lowest BCUT2D eigenvalue weighted by atomic mass is 9.93. The zero-order chi connectivity index (χ0) is 18.5. The molecule has 1 aromatic heterocycles. The fraction of sp³-hybridized carbons (Fsp3) is 0.500. The lowest BCUT2D eigenvalue weighted by Crippen LogP contribution is -2.39. The molecule has 1 saturated heterocycles. The number of nitrogens with zero attached hydrogens (tertiary/aromatic N) is 3. The Morgan fingerprint density at radius 2 is 2.00 bits per heavy atom. The highest BCUT2D eigenvalue weighted by Gasteiger charge is 2.27. The minimum Gasteiger partial charge on any atom is -0.496 e. The van der Waals surface area contributed by atoms with E-state index in [0.29, 0.717) is 17.2 Å². The lowest BCUT2D eigenvalue weighted by molar-refractivity contribution is 0.0688. The van der Waals surface area contributed by atoms with Gasteiger partial charge in [-0.05, 0) is 50.9 Å². The highest BCUT2D eigenvalue weighted by molar-refractivity contribution is 6.00. The molecule has 0 spiro atoms. The first-order chi connectivity index (χ1) is 12.6. The van der Waals surface area contributed by atoms with E-state index in [1.807, 2.05) is 49.5 Å². The van der Waals surface area contributed by atoms with E-state index in [2.05, 4.69) is 10.4 Å². The molecule has 7 heteroatoms. The van der Waals surface area contributed by atoms with Crippen LogP contribution in [0.3, 0.4) is 0 Å². The van der Waals surface area contributed by atoms with Crippen molar-refractivity contribution >= 4 is 18.3 Å². The normalized spacial score (nSPS) is 14.7. The Hall–Kier alpha value is -2.05. The van der Waals surface area contributed by atoms with Crippen molar-refractivity contribution in [3.63, 3.8) is 0 Å². The second-order valence-corrected chi connectivity index (χ2v) is 6.89. The minimum atomic E-state index is 0. The molecule has 2 aromatic rings. The van der Waals surface area contributed by atoms with E-state index >= 15 is 0 Å². The fourth-order valence-corrected chi connectivity index (χ4v) is 3.63. The van der Waals surface area contributed by atoms with Gasteiger partial charge in [-0.2, -0.15) is 5.10 Å². The van der Waals surface area contributed by atoms with Crippen LogP contribution >= 0.6 is 12.4 Å². The van der Waals surface area contributed by atoms with E-state index in [0.717, 1.165) is 43.8 Å². The van der Waals surface area contributed by atoms with E-state index in [1.54, 1.807) is 11.8 Å². The average Bonchev–Trinajstić information content (AvgIpc) is 3.07. The molecule has 1 aromatic carbocycles. The number of carbonyl (C=O) groups is 1. The molecule has 3 rings (SSSR count). The first kappa shape index (κ1) is 21.3. The number of amides is 1. The SMILES string of the molecule is CNCCC1CCN(C(=O)c2cn(C)nc2-c2ccccc2OC)CC1.Cl. The molecule has 0 unspecified atom stereocenters. The smallest absolute Gasteiger partial charge is 0.257 e. The largest absolute Gasteiger partial charge is 0.496 e. The van der Waals surface area contributed by atoms with Crippen LogP contribution in [0.4, 0.5) is 0 Å². The quantitative estimate of drug-likeness (QED) is 0.821. The Balaban J connectivity index is 0.00000261. The molecule has 1 amide bonds. The summed E-state index contributed by atoms with van der Waals surface area (Å²) < 4.78 is 7.16. The van der Waals surface area contributed by atoms with Gasteiger partial charge in [-0.25, -0.2) is 0 Å². The number of methoxy groups -OCH3 is 1. The number of aryl methyl sites for hydroxylation is 1. The summed E-state index contributed by atoms with van der Waals surface area (Å²) in [5.41, 5.74) is 2.18. The summed E-state index contributed by atoms with van der Waals surface area (Å²) in [6.07, 6.45) is 5.13. The van der Waals surface area contributed by atoms with E-state index in [-0.39, 0.29) is 18.3 Å². The summed E-state index contributed by atoms with van der Waals surface area (Å²) in [5.74, 6) is 1.49. The van der Waals surface area contributed by atoms with Crippen LogP contribution in [0.1, 0.15) is 29.6 Å². The van der Waals surface area contributed by atoms with Gasteiger partial charge in [-0.1, -0.05) is 12.1 Å². The van der Waals surface area contributed by atoms with Crippen molar-refractivity contribution in [3.05, 3.63) is 36.0 Å². The Labute approximate surface area is 167 Å². The van der Waals surface area contributed by atoms with Gasteiger partial charge in [0, 0.05) is 31.9 Å². The molecule has 1 fully saturated rings. The van der Waals surface area contributed by atoms with Gasteiger partial charge in [0.25, 0.3) is 5.91 Å². The van der Waals surface area contributed by atoms with Crippen LogP contribution in [-0.2, 0) is 7.05 Å². The van der Waals surface area contributed by atoms with E-state index in [1.165, 1.54) is 6.42 Å². The summed E-state index contributed by atoms with van der Waals surface area (Å²) >= 11 is 0. The van der Waals surface area contributed by atoms with Gasteiger partial charge in [0.2, 0.25) is 0 Å². The highest BCUT2D eigenvalue weighted by Crippen LogP contribution is 2.32. The maximum Gasteiger partial charge on any atom is 0.257 e. The number of rotatable bonds is 6. The van der Waals surface area contributed by atoms with Gasteiger partial charge in [-0.15, -0.1) is 12.4 Å². The van der Waals surface area contributed by atoms with Crippen LogP contribution in [0.15, 0.2) is 30.5 Å². The Bertz CT molecular complexity index is 754. The first-order valence-electron chi connectivity index (χ1n) is 9.25. The van der Waals surface area contributed by atoms with Crippen molar-refractivity contribution in [2.24, 2.45) is 13.0 Å². The molecule has 0 saturated carbocycles. The number of carbonyl (C=O) groups excluding carboxylic acids is 1. The van der Waals surface area contributed by atoms with E-state index in [9.17, 15) is 4.79 Å². The molecule has 1 aliphatic rings. The standard InChI is InChI=1S/C20H28N4O2.ClH/c1-21-11-8-15-9-12-24(13-10-15)20(25)17-14-23(2)22-19(17)16-6-4-5-7-18(16)26-3;/h4-7,14-15,21H,8-13H2,1-3H3;1H. The average molecular weight is 393 g/mol. The van der Waals surface area contributed by atoms with Crippen molar-refractivity contribution in [2.75, 3.05) is 33.8 Å². The number of likely N-dealkylation sites (tertiary alicyclic amines) is 1. The van der Waals surface area contributed by atoms with Gasteiger partial charge >= 0.3 is 0 Å². The first-order valence-corrected chi connectivity index (χ1v) is 9.25. The summed E-state index contributed by atoms with van der Waals surface area (Å²) in [7, 11) is 5.47. The zero-order valence-corrected chi connectivity index (χ0v) is 17.1. The monoisotopic (exact) mass is 392 g/mol. The number of piperidine rings is 1. The van der Waals surface area contributed by atoms with Gasteiger partial charge < -0.3 is 15.0 Å². The fourth-order valence-electron chi connectivity index (χ4n) is 3.63. The maximum atomic E-state index is 13.1. The van der Waals surface area contributed by atoms with E-state index < -0.39 is 0 Å². The molecule has 148 valence electrons. The second-order valence-electron chi connectivity index (χ2n) is 6.89. The van der Waals surface area contributed by atoms with Crippen LogP contribution in [0.25, 0.3) is 11.3 Å². The summed E-state index contributed by atoms with van der Waals surface area (Å²) in [5, 5.41) is 7.75. The number of hydrogen-bond donors (Lipinski definition) is 1. The molecule has 0 atom stereocenters. The maximum absolute atomic E-state index is 13.1. The molecule has 2 heterocycles. The number of benzene rings is 1. The van der Waals surface area contributed by atoms with Crippen molar-refractivity contribution in [1.82, 2.24) is 20.0 Å². The zero-order valence-electron chi connectivity index (χ0n) is 16.3. The van der Waals surface area contributed by atoms with Gasteiger partial charge in [0.1, 0.15) is 11.4 Å². The lowest BCUT2D eigenvalue weighted by Gasteiger charge is -2.32. The molecular formula is C20H29ClN4O2. The Kier molecular flexibility index (Phi) is 7.68. The molecule has 1 aliphatic heterocycles. The number of ether oxygens (including phenoxy) is 1. The molecule has 0 radical (unpaired) electrons. The van der Waals surface area contributed by atoms with Crippen molar-refractivity contribution in [2.45, 2.75) is 19.3 Å². The highest BCUT2D eigenvalue weighted by atomic mass is 35.5. The predicted molar refractivity (Wildman–Crippen MR) is 110 cm³/mol. The van der Waals surface area contributed by atoms with Crippen LogP contribution < -0.4 is 10.1 Å². The van der Waals surface area contributed by atoms with Crippen LogP contribution in [0.5, 0.6) is 5.75 Å². The van der Waals surface area contributed by atoms with Crippen LogP contribution in [0, 0.1) is 5.92 Å². The van der Waals surface area contributed by atoms with Crippen LogP contribution in [0.2, 0.25) is 0 Å². The molecule has 0 bridgehead atoms. The van der Waals surface area contributed by atoms with E-state index in [4.69, 9.17) is 4.74 Å². The number of para-hydroxylation sites is 1. The second kappa shape index (κ2) is 9.76. The summed E-state index contributed by atoms with van der Waals surface area (Å²) in [6, 6.07) is 7.70. The van der Waals surface area contributed by atoms with Gasteiger partial charge in [-0.3, -0.25) is 9.48 Å². The van der Waals surface area contributed by atoms with Crippen molar-refractivity contribution < 1.29 is 9.53 Å². The van der Waals surface area contributed by atoms with Crippen molar-refractivity contribution in [3.8, 4) is 17.0 Å². The summed E-state index contributed by atoms with van der Waals surface area (Å²) in [4.78, 5) is 15.1. The summed E-state index contributed by atoms with van der Waals surface area (Å²) in [6.45, 7) is 2.67. The van der Waals surface area contributed by atoms with Gasteiger partial charge in [0.15, 0.2) is 0 Å². The minimum absolute atomic E-state index is 0. The molecule has 1 N–H and O–H groups in total. The number of aromatic nitrogens is 2. The molecule has 0 aliphatic carbocycles. The Morgan fingerprint density at radius 1 is 1.30 bits per heavy atom. The van der Waals surface area contributed by atoms with Crippen LogP contribution in [-0.4, -0.2) is 54.4 Å². The number of hydrogen-bond acceptors (Lipinski definition) is 4. The third-order valence-corrected chi connectivity index (χ3v) is 5.13. The third-order valence-electron chi connectivity index (χ3n) is 5.13. The number of halogens is 1.